The van der Waals surface area contributed by atoms with E-state index >= 15 is 0 Å². The van der Waals surface area contributed by atoms with Crippen LogP contribution in [0.3, 0.4) is 0 Å². The van der Waals surface area contributed by atoms with Crippen LogP contribution in [0.1, 0.15) is 74.0 Å². The molecule has 0 bridgehead atoms. The summed E-state index contributed by atoms with van der Waals surface area (Å²) in [5.41, 5.74) is 2.55. The van der Waals surface area contributed by atoms with E-state index in [1.165, 1.54) is 12.1 Å². The molecule has 0 fully saturated rings. The van der Waals surface area contributed by atoms with Crippen LogP contribution in [0.4, 0.5) is 29.0 Å². The summed E-state index contributed by atoms with van der Waals surface area (Å²) in [5, 5.41) is 8.54. The van der Waals surface area contributed by atoms with Gasteiger partial charge < -0.3 is 16.0 Å². The van der Waals surface area contributed by atoms with Gasteiger partial charge in [0, 0.05) is 33.4 Å². The zero-order chi connectivity index (χ0) is 34.5. The zero-order valence-corrected chi connectivity index (χ0v) is 26.4. The molecule has 1 aromatic heterocycles. The molecule has 0 saturated heterocycles. The van der Waals surface area contributed by atoms with E-state index in [0.717, 1.165) is 0 Å². The average Bonchev–Trinajstić information content (AvgIpc) is 3.13. The third-order valence-corrected chi connectivity index (χ3v) is 8.58. The van der Waals surface area contributed by atoms with Gasteiger partial charge in [0.15, 0.2) is 23.1 Å². The van der Waals surface area contributed by atoms with Gasteiger partial charge in [0.2, 0.25) is 17.2 Å². The normalized spacial score (nSPS) is 12.7. The molecule has 0 spiro atoms. The molecule has 1 heterocycles. The molecule has 6 aromatic rings. The van der Waals surface area contributed by atoms with Gasteiger partial charge in [-0.2, -0.15) is 15.0 Å². The third kappa shape index (κ3) is 5.09. The number of fused-ring (bicyclic) bond motifs is 4. The van der Waals surface area contributed by atoms with Crippen molar-refractivity contribution in [1.29, 1.82) is 0 Å². The smallest absolute Gasteiger partial charge is 0.255 e. The maximum atomic E-state index is 14.0. The van der Waals surface area contributed by atoms with Crippen LogP contribution in [0, 0.1) is 0 Å². The van der Waals surface area contributed by atoms with E-state index < -0.39 is 17.5 Å². The van der Waals surface area contributed by atoms with Crippen LogP contribution in [0.5, 0.6) is 0 Å². The molecule has 11 nitrogen and oxygen atoms in total. The average molecular weight is 677 g/mol. The largest absolute Gasteiger partial charge is 0.323 e. The molecule has 0 unspecified atom stereocenters. The maximum absolute atomic E-state index is 14.0. The molecule has 3 N–H and O–H groups in total. The monoisotopic (exact) mass is 676 g/mol. The first kappa shape index (κ1) is 30.5. The molecule has 50 heavy (non-hydrogen) atoms. The first-order valence-corrected chi connectivity index (χ1v) is 15.6. The van der Waals surface area contributed by atoms with E-state index in [1.54, 1.807) is 97.1 Å². The van der Waals surface area contributed by atoms with Crippen molar-refractivity contribution >= 4 is 69.6 Å². The molecule has 2 aliphatic rings. The number of carbonyl (C=O) groups is 5. The highest BCUT2D eigenvalue weighted by atomic mass is 35.5. The topological polar surface area (TPSA) is 160 Å². The predicted octanol–water partition coefficient (Wildman–Crippen LogP) is 6.82. The number of rotatable bonds is 6. The van der Waals surface area contributed by atoms with Crippen molar-refractivity contribution in [2.75, 3.05) is 16.0 Å². The molecule has 2 aliphatic carbocycles. The van der Waals surface area contributed by atoms with E-state index in [-0.39, 0.29) is 84.8 Å². The van der Waals surface area contributed by atoms with Crippen molar-refractivity contribution in [1.82, 2.24) is 15.0 Å². The number of nitrogens with zero attached hydrogens (tertiary/aromatic N) is 3. The van der Waals surface area contributed by atoms with Crippen molar-refractivity contribution < 1.29 is 24.0 Å². The maximum Gasteiger partial charge on any atom is 0.255 e. The minimum Gasteiger partial charge on any atom is -0.323 e. The summed E-state index contributed by atoms with van der Waals surface area (Å²) < 4.78 is 0. The number of amides is 1. The minimum absolute atomic E-state index is 0.0450. The Morgan fingerprint density at radius 1 is 0.460 bits per heavy atom. The number of halogens is 1. The molecule has 5 aromatic carbocycles. The van der Waals surface area contributed by atoms with E-state index in [0.29, 0.717) is 11.1 Å². The van der Waals surface area contributed by atoms with E-state index in [1.807, 2.05) is 0 Å². The summed E-state index contributed by atoms with van der Waals surface area (Å²) >= 11 is 6.29. The number of ketones is 4. The summed E-state index contributed by atoms with van der Waals surface area (Å²) in [5.74, 6) is -2.05. The van der Waals surface area contributed by atoms with Gasteiger partial charge in [0.25, 0.3) is 5.91 Å². The number of nitrogens with one attached hydrogen (secondary N) is 3. The Morgan fingerprint density at radius 2 is 0.880 bits per heavy atom. The number of benzene rings is 5. The van der Waals surface area contributed by atoms with Crippen molar-refractivity contribution in [3.8, 4) is 0 Å². The van der Waals surface area contributed by atoms with E-state index in [9.17, 15) is 24.0 Å². The lowest BCUT2D eigenvalue weighted by Gasteiger charge is -2.23. The van der Waals surface area contributed by atoms with Gasteiger partial charge in [-0.3, -0.25) is 24.0 Å². The van der Waals surface area contributed by atoms with Crippen LogP contribution in [0.2, 0.25) is 5.28 Å². The Morgan fingerprint density at radius 3 is 1.44 bits per heavy atom. The molecule has 240 valence electrons. The van der Waals surface area contributed by atoms with Crippen LogP contribution in [-0.2, 0) is 0 Å². The van der Waals surface area contributed by atoms with Gasteiger partial charge in [-0.05, 0) is 41.9 Å². The fourth-order valence-electron chi connectivity index (χ4n) is 6.19. The highest BCUT2D eigenvalue weighted by Crippen LogP contribution is 2.37. The minimum atomic E-state index is -0.452. The summed E-state index contributed by atoms with van der Waals surface area (Å²) in [7, 11) is 0. The lowest BCUT2D eigenvalue weighted by atomic mass is 9.82. The fourth-order valence-corrected chi connectivity index (χ4v) is 6.35. The molecular weight excluding hydrogens is 656 g/mol. The molecule has 0 saturated carbocycles. The Kier molecular flexibility index (Phi) is 7.31. The van der Waals surface area contributed by atoms with Crippen molar-refractivity contribution in [2.45, 2.75) is 0 Å². The van der Waals surface area contributed by atoms with Crippen LogP contribution in [0.25, 0.3) is 0 Å². The van der Waals surface area contributed by atoms with Crippen LogP contribution in [-0.4, -0.2) is 44.0 Å². The Hall–Kier alpha value is -6.85. The second-order valence-electron chi connectivity index (χ2n) is 11.4. The number of anilines is 5. The molecule has 8 rings (SSSR count). The molecule has 0 radical (unpaired) electrons. The quantitative estimate of drug-likeness (QED) is 0.171. The summed E-state index contributed by atoms with van der Waals surface area (Å²) in [6.45, 7) is 0. The van der Waals surface area contributed by atoms with E-state index in [4.69, 9.17) is 11.6 Å². The summed E-state index contributed by atoms with van der Waals surface area (Å²) in [4.78, 5) is 80.2. The second-order valence-corrected chi connectivity index (χ2v) is 11.7. The first-order valence-electron chi connectivity index (χ1n) is 15.3. The van der Waals surface area contributed by atoms with Gasteiger partial charge in [-0.15, -0.1) is 0 Å². The van der Waals surface area contributed by atoms with Crippen molar-refractivity contribution in [3.05, 3.63) is 165 Å². The standard InChI is InChI=1S/C38H21ClN6O5/c39-36-43-37(41-26-17-6-13-22-28(26)32(47)21-12-5-4-11-20(21)31(22)46)45-38(44-36)42-27-18-8-15-24-30(27)34(49)23-14-7-16-25(29(23)33(24)48)40-35(50)19-9-2-1-3-10-19/h1-18H,(H,40,50)(H2,41,42,43,44,45). The highest BCUT2D eigenvalue weighted by Gasteiger charge is 2.35. The Balaban J connectivity index is 1.11. The van der Waals surface area contributed by atoms with Gasteiger partial charge in [-0.1, -0.05) is 78.9 Å². The number of hydrogen-bond acceptors (Lipinski definition) is 10. The first-order chi connectivity index (χ1) is 24.3. The van der Waals surface area contributed by atoms with Gasteiger partial charge in [0.05, 0.1) is 33.8 Å². The van der Waals surface area contributed by atoms with Crippen molar-refractivity contribution in [3.63, 3.8) is 0 Å². The highest BCUT2D eigenvalue weighted by molar-refractivity contribution is 6.33. The molecule has 0 atom stereocenters. The van der Waals surface area contributed by atoms with Gasteiger partial charge >= 0.3 is 0 Å². The SMILES string of the molecule is O=C(Nc1cccc2c1C(=O)c1cccc(Nc3nc(Cl)nc(Nc4cccc5c4C(=O)c4ccccc4C5=O)n3)c1C2=O)c1ccccc1. The molecule has 1 amide bonds. The Labute approximate surface area is 288 Å². The third-order valence-electron chi connectivity index (χ3n) is 8.41. The Bertz CT molecular complexity index is 2480. The summed E-state index contributed by atoms with van der Waals surface area (Å²) in [6.07, 6.45) is 0. The fraction of sp³-hybridized carbons (Fsp3) is 0. The lowest BCUT2D eigenvalue weighted by molar-refractivity contribution is 0.0979. The number of hydrogen-bond donors (Lipinski definition) is 3. The second kappa shape index (κ2) is 12.0. The number of aromatic nitrogens is 3. The molecule has 12 heteroatoms. The number of carbonyl (C=O) groups excluding carboxylic acids is 5. The summed E-state index contributed by atoms with van der Waals surface area (Å²) in [6, 6.07) is 29.4. The van der Waals surface area contributed by atoms with Gasteiger partial charge in [-0.25, -0.2) is 0 Å². The lowest BCUT2D eigenvalue weighted by Crippen LogP contribution is -2.25. The molecular formula is C38H21ClN6O5. The zero-order valence-electron chi connectivity index (χ0n) is 25.7. The van der Waals surface area contributed by atoms with Crippen LogP contribution < -0.4 is 16.0 Å². The van der Waals surface area contributed by atoms with Crippen LogP contribution >= 0.6 is 11.6 Å². The van der Waals surface area contributed by atoms with Gasteiger partial charge in [0.1, 0.15) is 0 Å². The van der Waals surface area contributed by atoms with Crippen LogP contribution in [0.15, 0.2) is 109 Å². The predicted molar refractivity (Wildman–Crippen MR) is 185 cm³/mol. The van der Waals surface area contributed by atoms with Crippen molar-refractivity contribution in [2.24, 2.45) is 0 Å². The molecule has 0 aliphatic heterocycles. The van der Waals surface area contributed by atoms with E-state index in [2.05, 4.69) is 30.9 Å².